The molecule has 0 amide bonds. The summed E-state index contributed by atoms with van der Waals surface area (Å²) in [6.07, 6.45) is 2.18. The van der Waals surface area contributed by atoms with Crippen molar-refractivity contribution in [2.45, 2.75) is 44.9 Å². The number of rotatable bonds is 6. The van der Waals surface area contributed by atoms with E-state index in [1.54, 1.807) is 6.07 Å². The average Bonchev–Trinajstić information content (AvgIpc) is 3.18. The zero-order valence-electron chi connectivity index (χ0n) is 12.2. The summed E-state index contributed by atoms with van der Waals surface area (Å²) in [5.74, 6) is 0.305. The fourth-order valence-electron chi connectivity index (χ4n) is 2.71. The number of phenols is 1. The van der Waals surface area contributed by atoms with Gasteiger partial charge in [0.25, 0.3) is 0 Å². The van der Waals surface area contributed by atoms with Crippen LogP contribution in [0.25, 0.3) is 0 Å². The number of ether oxygens (including phenoxy) is 1. The van der Waals surface area contributed by atoms with Crippen LogP contribution in [0.5, 0.6) is 11.5 Å². The maximum absolute atomic E-state index is 11.1. The molecule has 1 aliphatic carbocycles. The molecule has 4 heteroatoms. The van der Waals surface area contributed by atoms with Crippen molar-refractivity contribution in [1.29, 1.82) is 0 Å². The molecule has 1 atom stereocenters. The first kappa shape index (κ1) is 14.7. The van der Waals surface area contributed by atoms with Crippen LogP contribution in [0.15, 0.2) is 12.1 Å². The van der Waals surface area contributed by atoms with Gasteiger partial charge in [0.1, 0.15) is 0 Å². The Labute approximate surface area is 119 Å². The molecule has 2 rings (SSSR count). The van der Waals surface area contributed by atoms with Gasteiger partial charge in [-0.1, -0.05) is 19.9 Å². The van der Waals surface area contributed by atoms with Crippen LogP contribution in [0.3, 0.4) is 0 Å². The van der Waals surface area contributed by atoms with Gasteiger partial charge in [0.2, 0.25) is 0 Å². The summed E-state index contributed by atoms with van der Waals surface area (Å²) < 4.78 is 5.31. The first-order valence-electron chi connectivity index (χ1n) is 7.06. The Bertz CT molecular complexity index is 503. The van der Waals surface area contributed by atoms with Crippen molar-refractivity contribution < 1.29 is 19.7 Å². The largest absolute Gasteiger partial charge is 0.504 e. The molecule has 0 saturated heterocycles. The molecule has 0 aliphatic heterocycles. The molecule has 1 aromatic rings. The quantitative estimate of drug-likeness (QED) is 0.836. The number of benzene rings is 1. The third-order valence-electron chi connectivity index (χ3n) is 3.98. The Hall–Kier alpha value is -1.71. The molecule has 20 heavy (non-hydrogen) atoms. The van der Waals surface area contributed by atoms with E-state index in [0.29, 0.717) is 11.7 Å². The van der Waals surface area contributed by atoms with E-state index in [1.165, 1.54) is 7.11 Å². The number of hydrogen-bond acceptors (Lipinski definition) is 3. The molecule has 1 aliphatic rings. The summed E-state index contributed by atoms with van der Waals surface area (Å²) >= 11 is 0. The van der Waals surface area contributed by atoms with Crippen molar-refractivity contribution in [2.24, 2.45) is 5.92 Å². The molecule has 0 aromatic heterocycles. The van der Waals surface area contributed by atoms with E-state index < -0.39 is 5.97 Å². The average molecular weight is 278 g/mol. The summed E-state index contributed by atoms with van der Waals surface area (Å²) in [5.41, 5.74) is 1.84. The van der Waals surface area contributed by atoms with E-state index in [2.05, 4.69) is 0 Å². The minimum Gasteiger partial charge on any atom is -0.504 e. The molecule has 0 bridgehead atoms. The minimum absolute atomic E-state index is 0.0768. The number of methoxy groups -OCH3 is 1. The molecular weight excluding hydrogens is 256 g/mol. The fourth-order valence-corrected chi connectivity index (χ4v) is 2.71. The van der Waals surface area contributed by atoms with Gasteiger partial charge < -0.3 is 14.9 Å². The number of hydrogen-bond donors (Lipinski definition) is 2. The number of carboxylic acid groups (broad SMARTS) is 1. The standard InChI is InChI=1S/C16H22O4/c1-9(2)11-6-13(16(20-3)14(17)7-11)12(8-15(18)19)10-4-5-10/h6-7,9-10,12,17H,4-5,8H2,1-3H3,(H,18,19). The highest BCUT2D eigenvalue weighted by Gasteiger charge is 2.36. The molecule has 1 aromatic carbocycles. The van der Waals surface area contributed by atoms with Gasteiger partial charge >= 0.3 is 5.97 Å². The smallest absolute Gasteiger partial charge is 0.303 e. The van der Waals surface area contributed by atoms with Gasteiger partial charge in [-0.05, 0) is 36.3 Å². The lowest BCUT2D eigenvalue weighted by molar-refractivity contribution is -0.137. The van der Waals surface area contributed by atoms with Crippen LogP contribution in [-0.2, 0) is 4.79 Å². The van der Waals surface area contributed by atoms with Crippen LogP contribution in [0, 0.1) is 5.92 Å². The number of carboxylic acids is 1. The molecule has 110 valence electrons. The zero-order chi connectivity index (χ0) is 14.9. The maximum Gasteiger partial charge on any atom is 0.303 e. The fraction of sp³-hybridized carbons (Fsp3) is 0.562. The van der Waals surface area contributed by atoms with Gasteiger partial charge in [-0.25, -0.2) is 0 Å². The normalized spacial score (nSPS) is 16.2. The van der Waals surface area contributed by atoms with Crippen molar-refractivity contribution in [3.05, 3.63) is 23.3 Å². The van der Waals surface area contributed by atoms with Crippen molar-refractivity contribution in [3.63, 3.8) is 0 Å². The van der Waals surface area contributed by atoms with Gasteiger partial charge in [-0.15, -0.1) is 0 Å². The first-order chi connectivity index (χ1) is 9.43. The highest BCUT2D eigenvalue weighted by molar-refractivity contribution is 5.69. The maximum atomic E-state index is 11.1. The number of aliphatic carboxylic acids is 1. The third-order valence-corrected chi connectivity index (χ3v) is 3.98. The lowest BCUT2D eigenvalue weighted by Crippen LogP contribution is -2.10. The molecule has 1 unspecified atom stereocenters. The number of carbonyl (C=O) groups is 1. The second-order valence-electron chi connectivity index (χ2n) is 5.86. The molecule has 4 nitrogen and oxygen atoms in total. The summed E-state index contributed by atoms with van der Waals surface area (Å²) in [5, 5.41) is 19.3. The Morgan fingerprint density at radius 2 is 2.05 bits per heavy atom. The summed E-state index contributed by atoms with van der Waals surface area (Å²) in [6.45, 7) is 4.10. The number of aromatic hydroxyl groups is 1. The Morgan fingerprint density at radius 3 is 2.50 bits per heavy atom. The van der Waals surface area contributed by atoms with Gasteiger partial charge in [-0.3, -0.25) is 4.79 Å². The van der Waals surface area contributed by atoms with Gasteiger partial charge in [0, 0.05) is 11.5 Å². The third kappa shape index (κ3) is 3.06. The van der Waals surface area contributed by atoms with Crippen LogP contribution in [0.4, 0.5) is 0 Å². The number of phenolic OH excluding ortho intramolecular Hbond substituents is 1. The van der Waals surface area contributed by atoms with Crippen molar-refractivity contribution >= 4 is 5.97 Å². The van der Waals surface area contributed by atoms with Crippen molar-refractivity contribution in [1.82, 2.24) is 0 Å². The van der Waals surface area contributed by atoms with Gasteiger partial charge in [0.05, 0.1) is 13.5 Å². The topological polar surface area (TPSA) is 66.8 Å². The van der Waals surface area contributed by atoms with Crippen molar-refractivity contribution in [2.75, 3.05) is 7.11 Å². The molecule has 1 saturated carbocycles. The predicted molar refractivity (Wildman–Crippen MR) is 76.5 cm³/mol. The molecule has 1 fully saturated rings. The Balaban J connectivity index is 2.47. The van der Waals surface area contributed by atoms with Crippen LogP contribution in [-0.4, -0.2) is 23.3 Å². The van der Waals surface area contributed by atoms with E-state index in [1.807, 2.05) is 19.9 Å². The second-order valence-corrected chi connectivity index (χ2v) is 5.86. The molecule has 2 N–H and O–H groups in total. The van der Waals surface area contributed by atoms with E-state index >= 15 is 0 Å². The van der Waals surface area contributed by atoms with Gasteiger partial charge in [0.15, 0.2) is 11.5 Å². The molecular formula is C16H22O4. The highest BCUT2D eigenvalue weighted by Crippen LogP contribution is 2.49. The van der Waals surface area contributed by atoms with Crippen LogP contribution >= 0.6 is 0 Å². The lowest BCUT2D eigenvalue weighted by Gasteiger charge is -2.21. The van der Waals surface area contributed by atoms with Crippen LogP contribution < -0.4 is 4.74 Å². The molecule has 0 heterocycles. The van der Waals surface area contributed by atoms with Crippen LogP contribution in [0.1, 0.15) is 56.1 Å². The monoisotopic (exact) mass is 278 g/mol. The van der Waals surface area contributed by atoms with E-state index in [-0.39, 0.29) is 24.0 Å². The zero-order valence-corrected chi connectivity index (χ0v) is 12.2. The highest BCUT2D eigenvalue weighted by atomic mass is 16.5. The predicted octanol–water partition coefficient (Wildman–Crippen LogP) is 3.49. The molecule has 0 radical (unpaired) electrons. The summed E-state index contributed by atoms with van der Waals surface area (Å²) in [4.78, 5) is 11.1. The minimum atomic E-state index is -0.807. The summed E-state index contributed by atoms with van der Waals surface area (Å²) in [6, 6.07) is 3.70. The van der Waals surface area contributed by atoms with E-state index in [9.17, 15) is 9.90 Å². The summed E-state index contributed by atoms with van der Waals surface area (Å²) in [7, 11) is 1.51. The molecule has 0 spiro atoms. The lowest BCUT2D eigenvalue weighted by atomic mass is 9.87. The first-order valence-corrected chi connectivity index (χ1v) is 7.06. The second kappa shape index (κ2) is 5.73. The van der Waals surface area contributed by atoms with Gasteiger partial charge in [-0.2, -0.15) is 0 Å². The van der Waals surface area contributed by atoms with E-state index in [4.69, 9.17) is 9.84 Å². The van der Waals surface area contributed by atoms with Crippen molar-refractivity contribution in [3.8, 4) is 11.5 Å². The SMILES string of the molecule is COc1c(O)cc(C(C)C)cc1C(CC(=O)O)C1CC1. The Morgan fingerprint density at radius 1 is 1.40 bits per heavy atom. The van der Waals surface area contributed by atoms with Crippen LogP contribution in [0.2, 0.25) is 0 Å². The van der Waals surface area contributed by atoms with E-state index in [0.717, 1.165) is 24.0 Å². The Kier molecular flexibility index (Phi) is 4.21.